The molecule has 7 nitrogen and oxygen atoms in total. The number of fused-ring (bicyclic) bond motifs is 1. The number of hydrazone groups is 1. The molecule has 9 heteroatoms. The van der Waals surface area contributed by atoms with Crippen LogP contribution >= 0.6 is 22.9 Å². The lowest BCUT2D eigenvalue weighted by atomic mass is 10.1. The zero-order valence-electron chi connectivity index (χ0n) is 19.6. The molecule has 1 aromatic heterocycles. The summed E-state index contributed by atoms with van der Waals surface area (Å²) < 4.78 is 17.4. The molecule has 1 amide bonds. The Morgan fingerprint density at radius 3 is 2.61 bits per heavy atom. The van der Waals surface area contributed by atoms with Gasteiger partial charge in [0.2, 0.25) is 0 Å². The van der Waals surface area contributed by atoms with Gasteiger partial charge in [-0.05, 0) is 48.9 Å². The fraction of sp³-hybridized carbons (Fsp3) is 0.148. The molecule has 1 heterocycles. The van der Waals surface area contributed by atoms with Gasteiger partial charge in [0.05, 0.1) is 25.0 Å². The molecule has 0 spiro atoms. The number of hydrogen-bond acceptors (Lipinski definition) is 7. The second-order valence-electron chi connectivity index (χ2n) is 7.52. The van der Waals surface area contributed by atoms with E-state index in [0.29, 0.717) is 27.0 Å². The van der Waals surface area contributed by atoms with Gasteiger partial charge in [0.25, 0.3) is 5.91 Å². The molecular weight excluding hydrogens is 500 g/mol. The van der Waals surface area contributed by atoms with Gasteiger partial charge in [-0.2, -0.15) is 5.10 Å². The van der Waals surface area contributed by atoms with Crippen LogP contribution < -0.4 is 14.9 Å². The molecule has 0 saturated heterocycles. The second kappa shape index (κ2) is 11.7. The van der Waals surface area contributed by atoms with Gasteiger partial charge in [-0.3, -0.25) is 4.79 Å². The predicted molar refractivity (Wildman–Crippen MR) is 142 cm³/mol. The third kappa shape index (κ3) is 5.67. The van der Waals surface area contributed by atoms with E-state index in [1.54, 1.807) is 50.4 Å². The Morgan fingerprint density at radius 1 is 1.06 bits per heavy atom. The highest BCUT2D eigenvalue weighted by Crippen LogP contribution is 2.35. The summed E-state index contributed by atoms with van der Waals surface area (Å²) in [6.45, 7) is 2.16. The topological polar surface area (TPSA) is 86.2 Å². The van der Waals surface area contributed by atoms with Crippen LogP contribution in [0.2, 0.25) is 5.02 Å². The molecule has 184 valence electrons. The first-order valence-corrected chi connectivity index (χ1v) is 12.3. The van der Waals surface area contributed by atoms with E-state index in [0.717, 1.165) is 21.2 Å². The molecule has 0 aliphatic carbocycles. The van der Waals surface area contributed by atoms with Crippen molar-refractivity contribution < 1.29 is 23.8 Å². The third-order valence-corrected chi connectivity index (χ3v) is 6.87. The van der Waals surface area contributed by atoms with Gasteiger partial charge in [0.1, 0.15) is 28.5 Å². The Kier molecular flexibility index (Phi) is 8.20. The Hall–Kier alpha value is -3.88. The molecule has 0 saturated carbocycles. The van der Waals surface area contributed by atoms with Gasteiger partial charge in [0, 0.05) is 15.6 Å². The molecule has 0 aliphatic rings. The number of hydrogen-bond donors (Lipinski definition) is 1. The molecule has 4 rings (SSSR count). The largest absolute Gasteiger partial charge is 0.496 e. The van der Waals surface area contributed by atoms with Gasteiger partial charge in [-0.1, -0.05) is 41.9 Å². The zero-order chi connectivity index (χ0) is 25.5. The number of para-hydroxylation sites is 1. The number of benzene rings is 3. The maximum absolute atomic E-state index is 12.6. The lowest BCUT2D eigenvalue weighted by molar-refractivity contribution is 0.0521. The summed E-state index contributed by atoms with van der Waals surface area (Å²) in [6.07, 6.45) is 1.52. The van der Waals surface area contributed by atoms with Crippen LogP contribution in [0.5, 0.6) is 11.5 Å². The summed E-state index contributed by atoms with van der Waals surface area (Å²) in [5.74, 6) is 0.187. The summed E-state index contributed by atoms with van der Waals surface area (Å²) in [5, 5.41) is 5.33. The van der Waals surface area contributed by atoms with Crippen LogP contribution in [0, 0.1) is 0 Å². The number of thiophene rings is 1. The van der Waals surface area contributed by atoms with Crippen LogP contribution in [0.4, 0.5) is 0 Å². The van der Waals surface area contributed by atoms with E-state index in [-0.39, 0.29) is 19.1 Å². The maximum Gasteiger partial charge on any atom is 0.341 e. The highest BCUT2D eigenvalue weighted by atomic mass is 35.5. The second-order valence-corrected chi connectivity index (χ2v) is 8.95. The van der Waals surface area contributed by atoms with Gasteiger partial charge in [0.15, 0.2) is 0 Å². The van der Waals surface area contributed by atoms with Crippen molar-refractivity contribution in [2.45, 2.75) is 13.5 Å². The van der Waals surface area contributed by atoms with Crippen molar-refractivity contribution in [1.82, 2.24) is 5.43 Å². The molecule has 0 radical (unpaired) electrons. The van der Waals surface area contributed by atoms with E-state index in [4.69, 9.17) is 25.8 Å². The van der Waals surface area contributed by atoms with Crippen LogP contribution in [0.25, 0.3) is 10.1 Å². The standard InChI is InChI=1S/C27H23ClN2O5S/c1-3-34-27(32)19-8-4-6-10-22(19)35-16-18-14-17(12-13-21(18)33-2)15-29-30-26(31)25-24(28)20-9-5-7-11-23(20)36-25/h4-15H,3,16H2,1-2H3,(H,30,31)/b29-15-. The molecule has 4 aromatic rings. The van der Waals surface area contributed by atoms with Crippen molar-refractivity contribution in [3.05, 3.63) is 93.3 Å². The van der Waals surface area contributed by atoms with Crippen molar-refractivity contribution in [3.8, 4) is 11.5 Å². The highest BCUT2D eigenvalue weighted by molar-refractivity contribution is 7.21. The first-order chi connectivity index (χ1) is 17.5. The van der Waals surface area contributed by atoms with Crippen LogP contribution in [0.15, 0.2) is 71.8 Å². The van der Waals surface area contributed by atoms with E-state index in [1.807, 2.05) is 30.3 Å². The first-order valence-electron chi connectivity index (χ1n) is 11.1. The minimum absolute atomic E-state index is 0.144. The summed E-state index contributed by atoms with van der Waals surface area (Å²) in [4.78, 5) is 25.2. The first kappa shape index (κ1) is 25.2. The normalized spacial score (nSPS) is 11.0. The Labute approximate surface area is 217 Å². The Morgan fingerprint density at radius 2 is 1.83 bits per heavy atom. The minimum Gasteiger partial charge on any atom is -0.496 e. The quantitative estimate of drug-likeness (QED) is 0.163. The highest BCUT2D eigenvalue weighted by Gasteiger charge is 2.17. The minimum atomic E-state index is -0.449. The van der Waals surface area contributed by atoms with Crippen LogP contribution in [-0.4, -0.2) is 31.8 Å². The summed E-state index contributed by atoms with van der Waals surface area (Å²) in [7, 11) is 1.56. The number of carbonyl (C=O) groups excluding carboxylic acids is 2. The SMILES string of the molecule is CCOC(=O)c1ccccc1OCc1cc(/C=N\NC(=O)c2sc3ccccc3c2Cl)ccc1OC. The van der Waals surface area contributed by atoms with E-state index >= 15 is 0 Å². The zero-order valence-corrected chi connectivity index (χ0v) is 21.2. The van der Waals surface area contributed by atoms with Gasteiger partial charge < -0.3 is 14.2 Å². The van der Waals surface area contributed by atoms with Crippen molar-refractivity contribution in [2.24, 2.45) is 5.10 Å². The van der Waals surface area contributed by atoms with E-state index < -0.39 is 5.97 Å². The van der Waals surface area contributed by atoms with E-state index in [1.165, 1.54) is 17.6 Å². The monoisotopic (exact) mass is 522 g/mol. The Bertz CT molecular complexity index is 1430. The molecule has 0 unspecified atom stereocenters. The van der Waals surface area contributed by atoms with Crippen molar-refractivity contribution in [1.29, 1.82) is 0 Å². The fourth-order valence-corrected chi connectivity index (χ4v) is 4.90. The molecule has 36 heavy (non-hydrogen) atoms. The molecule has 0 aliphatic heterocycles. The molecule has 0 atom stereocenters. The number of ether oxygens (including phenoxy) is 3. The van der Waals surface area contributed by atoms with Crippen LogP contribution in [0.1, 0.15) is 38.1 Å². The number of halogens is 1. The number of carbonyl (C=O) groups is 2. The predicted octanol–water partition coefficient (Wildman–Crippen LogP) is 6.08. The van der Waals surface area contributed by atoms with Crippen LogP contribution in [0.3, 0.4) is 0 Å². The summed E-state index contributed by atoms with van der Waals surface area (Å²) in [6, 6.07) is 19.9. The van der Waals surface area contributed by atoms with Gasteiger partial charge in [-0.15, -0.1) is 11.3 Å². The van der Waals surface area contributed by atoms with Crippen molar-refractivity contribution >= 4 is 51.1 Å². The number of nitrogens with one attached hydrogen (secondary N) is 1. The lowest BCUT2D eigenvalue weighted by Crippen LogP contribution is -2.16. The van der Waals surface area contributed by atoms with Gasteiger partial charge in [-0.25, -0.2) is 10.2 Å². The Balaban J connectivity index is 1.46. The van der Waals surface area contributed by atoms with E-state index in [9.17, 15) is 9.59 Å². The van der Waals surface area contributed by atoms with Gasteiger partial charge >= 0.3 is 5.97 Å². The molecule has 3 aromatic carbocycles. The van der Waals surface area contributed by atoms with Crippen molar-refractivity contribution in [2.75, 3.05) is 13.7 Å². The summed E-state index contributed by atoms with van der Waals surface area (Å²) in [5.41, 5.74) is 4.33. The van der Waals surface area contributed by atoms with Crippen molar-refractivity contribution in [3.63, 3.8) is 0 Å². The molecule has 1 N–H and O–H groups in total. The number of methoxy groups -OCH3 is 1. The smallest absolute Gasteiger partial charge is 0.341 e. The third-order valence-electron chi connectivity index (χ3n) is 5.19. The molecule has 0 fully saturated rings. The molecular formula is C27H23ClN2O5S. The lowest BCUT2D eigenvalue weighted by Gasteiger charge is -2.13. The maximum atomic E-state index is 12.6. The number of rotatable bonds is 9. The average Bonchev–Trinajstić information content (AvgIpc) is 3.24. The average molecular weight is 523 g/mol. The van der Waals surface area contributed by atoms with E-state index in [2.05, 4.69) is 10.5 Å². The number of esters is 1. The fourth-order valence-electron chi connectivity index (χ4n) is 3.49. The van der Waals surface area contributed by atoms with Crippen LogP contribution in [-0.2, 0) is 11.3 Å². The number of amides is 1. The summed E-state index contributed by atoms with van der Waals surface area (Å²) >= 11 is 7.69. The number of nitrogens with zero attached hydrogens (tertiary/aromatic N) is 1. The molecule has 0 bridgehead atoms.